The van der Waals surface area contributed by atoms with Gasteiger partial charge >= 0.3 is 0 Å². The molecule has 0 aromatic rings. The Bertz CT molecular complexity index is 4510. The lowest BCUT2D eigenvalue weighted by atomic mass is 9.61. The predicted molar refractivity (Wildman–Crippen MR) is 542 cm³/mol. The molecule has 32 atom stereocenters. The summed E-state index contributed by atoms with van der Waals surface area (Å²) in [4.78, 5) is 0. The molecule has 20 rings (SSSR count). The molecule has 12 saturated carbocycles. The maximum absolute atomic E-state index is 13.3. The summed E-state index contributed by atoms with van der Waals surface area (Å²) in [6.07, 6.45) is 66.4. The lowest BCUT2D eigenvalue weighted by molar-refractivity contribution is 0.111. The Labute approximate surface area is 801 Å². The zero-order chi connectivity index (χ0) is 94.2. The fourth-order valence-corrected chi connectivity index (χ4v) is 41.7. The standard InChI is InChI=1S/4C29H44O3S/c4*1-18-14-20(3)24-17-33(31,32)28(23(24)15-18)16-22-6-5-13-29(4)25(10-11-26(22)29)19(2)7-12-27(30)21-8-9-21/h4*7,12,16,18-21,25-28,30H,5-6,8-11,13-15,17H2,1-4H3/b4*12-7+,22-16+/t18-,19+,20-,25-,26-,27+,28+,29+;18-,19+,20-,25-,26-,27+,28-,29+;18-,19+,20-,25-,26-,27-,28+,29+;18-,19+,20-,25-,26-,27-,28-,29+/m0000/s1. The fourth-order valence-electron chi connectivity index (χ4n) is 33.1. The van der Waals surface area contributed by atoms with Gasteiger partial charge in [-0.25, -0.2) is 33.7 Å². The minimum Gasteiger partial charge on any atom is -0.389 e. The third-order valence-electron chi connectivity index (χ3n) is 40.7. The van der Waals surface area contributed by atoms with E-state index in [1.807, 2.05) is 0 Å². The minimum atomic E-state index is -3.11. The van der Waals surface area contributed by atoms with Crippen molar-refractivity contribution in [3.05, 3.63) is 140 Å². The monoisotopic (exact) mass is 1890 g/mol. The zero-order valence-electron chi connectivity index (χ0n) is 84.4. The van der Waals surface area contributed by atoms with Gasteiger partial charge < -0.3 is 20.4 Å². The van der Waals surface area contributed by atoms with Crippen molar-refractivity contribution in [1.29, 1.82) is 0 Å². The van der Waals surface area contributed by atoms with Crippen LogP contribution in [0.25, 0.3) is 0 Å². The first kappa shape index (κ1) is 100. The molecule has 12 nitrogen and oxygen atoms in total. The highest BCUT2D eigenvalue weighted by Gasteiger charge is 2.58. The normalized spacial score (nSPS) is 43.7. The molecule has 4 N–H and O–H groups in total. The number of hydrogen-bond donors (Lipinski definition) is 4. The van der Waals surface area contributed by atoms with Gasteiger partial charge in [0.15, 0.2) is 39.3 Å². The summed E-state index contributed by atoms with van der Waals surface area (Å²) in [6, 6.07) is 0. The number of allylic oxidation sites excluding steroid dienone is 8. The molecular weight excluding hydrogens is 1710 g/mol. The number of aliphatic hydroxyl groups excluding tert-OH is 4. The maximum Gasteiger partial charge on any atom is 0.164 e. The molecule has 0 saturated heterocycles. The van der Waals surface area contributed by atoms with E-state index in [-0.39, 0.29) is 67.1 Å². The molecule has 0 bridgehead atoms. The fraction of sp³-hybridized carbons (Fsp3) is 0.793. The lowest BCUT2D eigenvalue weighted by Gasteiger charge is -2.44. The van der Waals surface area contributed by atoms with Crippen LogP contribution in [-0.4, -0.2) is 123 Å². The van der Waals surface area contributed by atoms with Gasteiger partial charge in [0, 0.05) is 0 Å². The minimum absolute atomic E-state index is 0.241. The van der Waals surface area contributed by atoms with Gasteiger partial charge in [0.25, 0.3) is 0 Å². The van der Waals surface area contributed by atoms with Crippen molar-refractivity contribution in [2.45, 2.75) is 387 Å². The maximum atomic E-state index is 13.3. The Hall–Kier alpha value is -3.48. The van der Waals surface area contributed by atoms with Gasteiger partial charge in [0.05, 0.1) is 47.4 Å². The lowest BCUT2D eigenvalue weighted by Crippen LogP contribution is -2.36. The molecule has 0 radical (unpaired) electrons. The number of hydrogen-bond acceptors (Lipinski definition) is 12. The number of aliphatic hydroxyl groups is 4. The quantitative estimate of drug-likeness (QED) is 0.0837. The van der Waals surface area contributed by atoms with Crippen LogP contribution in [0.1, 0.15) is 342 Å². The smallest absolute Gasteiger partial charge is 0.164 e. The largest absolute Gasteiger partial charge is 0.389 e. The Morgan fingerprint density at radius 2 is 0.462 bits per heavy atom. The average Bonchev–Trinajstić information content (AvgIpc) is 1.59. The van der Waals surface area contributed by atoms with Crippen LogP contribution in [-0.2, 0) is 39.3 Å². The highest BCUT2D eigenvalue weighted by atomic mass is 32.2. The van der Waals surface area contributed by atoms with E-state index in [9.17, 15) is 54.1 Å². The van der Waals surface area contributed by atoms with Gasteiger partial charge in [0.2, 0.25) is 0 Å². The van der Waals surface area contributed by atoms with Crippen molar-refractivity contribution in [2.75, 3.05) is 23.0 Å². The summed E-state index contributed by atoms with van der Waals surface area (Å²) in [5, 5.41) is 39.8. The second-order valence-corrected chi connectivity index (χ2v) is 59.0. The molecule has 20 aliphatic rings. The Kier molecular flexibility index (Phi) is 29.6. The van der Waals surface area contributed by atoms with Crippen molar-refractivity contribution >= 4 is 39.3 Å². The van der Waals surface area contributed by atoms with Crippen LogP contribution in [0.2, 0.25) is 0 Å². The molecule has 132 heavy (non-hydrogen) atoms. The van der Waals surface area contributed by atoms with Gasteiger partial charge in [-0.3, -0.25) is 0 Å². The summed E-state index contributed by atoms with van der Waals surface area (Å²) < 4.78 is 106. The number of sulfone groups is 4. The molecule has 0 aromatic heterocycles. The summed E-state index contributed by atoms with van der Waals surface area (Å²) in [5.74, 6) is 13.4. The highest BCUT2D eigenvalue weighted by Crippen LogP contribution is 2.66. The summed E-state index contributed by atoms with van der Waals surface area (Å²) in [5.41, 5.74) is 16.7. The average molecular weight is 1890 g/mol. The Morgan fingerprint density at radius 3 is 0.644 bits per heavy atom. The van der Waals surface area contributed by atoms with Crippen molar-refractivity contribution in [1.82, 2.24) is 0 Å². The molecule has 4 aliphatic heterocycles. The van der Waals surface area contributed by atoms with Crippen LogP contribution < -0.4 is 0 Å². The first-order chi connectivity index (χ1) is 62.4. The third kappa shape index (κ3) is 20.4. The van der Waals surface area contributed by atoms with E-state index in [0.717, 1.165) is 128 Å². The van der Waals surface area contributed by atoms with Crippen molar-refractivity contribution in [3.63, 3.8) is 0 Å². The second-order valence-electron chi connectivity index (χ2n) is 50.5. The molecule has 0 unspecified atom stereocenters. The van der Waals surface area contributed by atoms with Crippen LogP contribution in [0.5, 0.6) is 0 Å². The van der Waals surface area contributed by atoms with Crippen LogP contribution in [0.3, 0.4) is 0 Å². The van der Waals surface area contributed by atoms with Crippen LogP contribution in [0, 0.1) is 164 Å². The van der Waals surface area contributed by atoms with E-state index in [0.29, 0.717) is 165 Å². The van der Waals surface area contributed by atoms with Gasteiger partial charge in [-0.15, -0.1) is 0 Å². The Balaban J connectivity index is 0.000000123. The first-order valence-electron chi connectivity index (χ1n) is 54.4. The molecule has 0 amide bonds. The van der Waals surface area contributed by atoms with E-state index in [2.05, 4.69) is 184 Å². The topological polar surface area (TPSA) is 217 Å². The summed E-state index contributed by atoms with van der Waals surface area (Å²) >= 11 is 0. The molecule has 736 valence electrons. The predicted octanol–water partition coefficient (Wildman–Crippen LogP) is 25.0. The van der Waals surface area contributed by atoms with Crippen molar-refractivity contribution in [3.8, 4) is 0 Å². The molecule has 0 spiro atoms. The van der Waals surface area contributed by atoms with Gasteiger partial charge in [-0.1, -0.05) is 228 Å². The van der Waals surface area contributed by atoms with Crippen molar-refractivity contribution in [2.24, 2.45) is 164 Å². The van der Waals surface area contributed by atoms with Gasteiger partial charge in [-0.2, -0.15) is 0 Å². The van der Waals surface area contributed by atoms with E-state index in [4.69, 9.17) is 0 Å². The van der Waals surface area contributed by atoms with Crippen LogP contribution in [0.15, 0.2) is 140 Å². The second kappa shape index (κ2) is 39.1. The third-order valence-corrected chi connectivity index (χ3v) is 48.3. The molecular formula is C116H176O12S4. The van der Waals surface area contributed by atoms with E-state index >= 15 is 0 Å². The number of rotatable bonds is 20. The first-order valence-corrected chi connectivity index (χ1v) is 61.3. The molecule has 16 aliphatic carbocycles. The van der Waals surface area contributed by atoms with E-state index in [1.165, 1.54) is 170 Å². The van der Waals surface area contributed by atoms with Crippen LogP contribution in [0.4, 0.5) is 0 Å². The zero-order valence-corrected chi connectivity index (χ0v) is 87.6. The SMILES string of the molecule is C[C@@H]1CC2=C(CS(=O)(=O)[C@@H]2/C=C2\CCC[C@@]3(C)[C@H]2CC[C@H]3[C@H](C)/C=C/[C@@H](O)C2CC2)[C@@H](C)C1.C[C@@H]1CC2=C(CS(=O)(=O)[C@@H]2/C=C2\CCC[C@@]3(C)[C@H]2CC[C@H]3[C@H](C)/C=C/[C@H](O)C2CC2)[C@@H](C)C1.C[C@@H]1CC2=C(CS(=O)(=O)[C@H]2/C=C2\CCC[C@@]3(C)[C@H]2CC[C@H]3[C@H](C)/C=C/[C@@H](O)C2CC2)[C@@H](C)C1.C[C@@H]1CC2=C(CS(=O)(=O)[C@H]2/C=C2\CCC[C@@]3(C)[C@H]2CC[C@H]3[C@H](C)/C=C/[C@H](O)C2CC2)[C@@H](C)C1. The molecule has 16 heteroatoms. The van der Waals surface area contributed by atoms with Crippen molar-refractivity contribution < 1.29 is 54.1 Å². The number of fused-ring (bicyclic) bond motifs is 4. The Morgan fingerprint density at radius 1 is 0.273 bits per heavy atom. The van der Waals surface area contributed by atoms with Gasteiger partial charge in [-0.05, 0) is 417 Å². The molecule has 0 aromatic carbocycles. The molecule has 4 heterocycles. The van der Waals surface area contributed by atoms with Gasteiger partial charge in [0.1, 0.15) is 21.0 Å². The summed E-state index contributed by atoms with van der Waals surface area (Å²) in [6.45, 7) is 37.2. The van der Waals surface area contributed by atoms with E-state index < -0.39 is 39.3 Å². The van der Waals surface area contributed by atoms with E-state index in [1.54, 1.807) is 0 Å². The highest BCUT2D eigenvalue weighted by molar-refractivity contribution is 7.93. The summed E-state index contributed by atoms with van der Waals surface area (Å²) in [7, 11) is -12.5. The molecule has 12 fully saturated rings. The van der Waals surface area contributed by atoms with Crippen LogP contribution >= 0.6 is 0 Å².